The SMILES string of the molecule is COC(=O)c1cc(C)c(NC(=O)c2nc(N3CCCC(CN[Si](C)(C)C(C)(C)C)C3)ccc2C)c(C)c1. The van der Waals surface area contributed by atoms with Crippen LogP contribution in [0.15, 0.2) is 24.3 Å². The number of aromatic nitrogens is 1. The number of benzene rings is 1. The Morgan fingerprint density at radius 3 is 2.35 bits per heavy atom. The molecule has 202 valence electrons. The second-order valence-corrected chi connectivity index (χ2v) is 17.1. The lowest BCUT2D eigenvalue weighted by Gasteiger charge is -2.40. The fourth-order valence-corrected chi connectivity index (χ4v) is 5.93. The van der Waals surface area contributed by atoms with Crippen molar-refractivity contribution in [1.29, 1.82) is 0 Å². The van der Waals surface area contributed by atoms with Gasteiger partial charge in [0, 0.05) is 18.8 Å². The number of amides is 1. The van der Waals surface area contributed by atoms with Crippen molar-refractivity contribution >= 4 is 31.6 Å². The topological polar surface area (TPSA) is 83.6 Å². The van der Waals surface area contributed by atoms with Crippen LogP contribution in [0.25, 0.3) is 0 Å². The highest BCUT2D eigenvalue weighted by molar-refractivity contribution is 6.77. The van der Waals surface area contributed by atoms with Gasteiger partial charge in [0.25, 0.3) is 5.91 Å². The Hall–Kier alpha value is -2.71. The molecule has 1 amide bonds. The number of rotatable bonds is 7. The summed E-state index contributed by atoms with van der Waals surface area (Å²) in [5.74, 6) is 0.766. The molecule has 37 heavy (non-hydrogen) atoms. The highest BCUT2D eigenvalue weighted by Crippen LogP contribution is 2.34. The van der Waals surface area contributed by atoms with Gasteiger partial charge in [0.05, 0.1) is 12.7 Å². The Labute approximate surface area is 223 Å². The van der Waals surface area contributed by atoms with Crippen molar-refractivity contribution in [2.45, 2.75) is 72.5 Å². The molecule has 1 aliphatic rings. The molecule has 2 N–H and O–H groups in total. The Morgan fingerprint density at radius 1 is 1.11 bits per heavy atom. The first kappa shape index (κ1) is 28.9. The minimum atomic E-state index is -1.54. The summed E-state index contributed by atoms with van der Waals surface area (Å²) in [7, 11) is -0.182. The number of nitrogens with one attached hydrogen (secondary N) is 2. The number of anilines is 2. The van der Waals surface area contributed by atoms with Crippen molar-refractivity contribution in [1.82, 2.24) is 9.97 Å². The van der Waals surface area contributed by atoms with Crippen molar-refractivity contribution in [3.05, 3.63) is 52.2 Å². The minimum Gasteiger partial charge on any atom is -0.465 e. The number of pyridine rings is 1. The first-order valence-electron chi connectivity index (χ1n) is 13.2. The van der Waals surface area contributed by atoms with Crippen molar-refractivity contribution in [3.63, 3.8) is 0 Å². The van der Waals surface area contributed by atoms with E-state index in [-0.39, 0.29) is 5.91 Å². The van der Waals surface area contributed by atoms with Gasteiger partial charge in [-0.1, -0.05) is 39.9 Å². The van der Waals surface area contributed by atoms with Crippen LogP contribution in [0.2, 0.25) is 18.1 Å². The van der Waals surface area contributed by atoms with Gasteiger partial charge in [0.15, 0.2) is 0 Å². The molecular weight excluding hydrogens is 480 g/mol. The summed E-state index contributed by atoms with van der Waals surface area (Å²) in [6.07, 6.45) is 2.32. The first-order valence-corrected chi connectivity index (χ1v) is 16.2. The number of aryl methyl sites for hydroxylation is 3. The molecule has 1 atom stereocenters. The van der Waals surface area contributed by atoms with Crippen molar-refractivity contribution < 1.29 is 14.3 Å². The van der Waals surface area contributed by atoms with E-state index in [1.54, 1.807) is 12.1 Å². The molecule has 1 saturated heterocycles. The number of carbonyl (C=O) groups excluding carboxylic acids is 2. The van der Waals surface area contributed by atoms with E-state index in [2.05, 4.69) is 49.1 Å². The zero-order chi connectivity index (χ0) is 27.5. The number of nitrogens with zero attached hydrogens (tertiary/aromatic N) is 2. The van der Waals surface area contributed by atoms with Crippen LogP contribution < -0.4 is 15.2 Å². The molecule has 1 aromatic heterocycles. The second kappa shape index (κ2) is 11.4. The van der Waals surface area contributed by atoms with Crippen LogP contribution in [-0.4, -0.2) is 51.8 Å². The maximum Gasteiger partial charge on any atom is 0.337 e. The van der Waals surface area contributed by atoms with E-state index in [9.17, 15) is 9.59 Å². The van der Waals surface area contributed by atoms with Gasteiger partial charge in [-0.25, -0.2) is 9.78 Å². The van der Waals surface area contributed by atoms with Crippen molar-refractivity contribution in [2.75, 3.05) is 37.0 Å². The lowest BCUT2D eigenvalue weighted by molar-refractivity contribution is 0.0600. The molecule has 0 spiro atoms. The molecule has 1 aromatic carbocycles. The Kier molecular flexibility index (Phi) is 8.85. The van der Waals surface area contributed by atoms with Crippen LogP contribution in [-0.2, 0) is 4.74 Å². The van der Waals surface area contributed by atoms with E-state index in [1.807, 2.05) is 32.9 Å². The number of piperidine rings is 1. The standard InChI is InChI=1S/C29H44N4O3Si/c1-19-12-13-24(33-14-10-11-22(18-33)17-30-37(8,9)29(4,5)6)31-26(19)27(34)32-25-20(2)15-23(16-21(25)3)28(35)36-7/h12-13,15-16,22,30H,10-11,14,17-18H2,1-9H3,(H,32,34). The predicted molar refractivity (Wildman–Crippen MR) is 154 cm³/mol. The summed E-state index contributed by atoms with van der Waals surface area (Å²) >= 11 is 0. The Balaban J connectivity index is 1.75. The molecule has 0 radical (unpaired) electrons. The van der Waals surface area contributed by atoms with Gasteiger partial charge in [0.2, 0.25) is 0 Å². The smallest absolute Gasteiger partial charge is 0.337 e. The van der Waals surface area contributed by atoms with Crippen LogP contribution in [0.4, 0.5) is 11.5 Å². The van der Waals surface area contributed by atoms with Gasteiger partial charge >= 0.3 is 5.97 Å². The quantitative estimate of drug-likeness (QED) is 0.349. The van der Waals surface area contributed by atoms with Crippen LogP contribution in [0, 0.1) is 26.7 Å². The normalized spacial score (nSPS) is 16.5. The molecule has 2 heterocycles. The van der Waals surface area contributed by atoms with Crippen LogP contribution in [0.1, 0.15) is 71.1 Å². The van der Waals surface area contributed by atoms with Crippen LogP contribution >= 0.6 is 0 Å². The largest absolute Gasteiger partial charge is 0.465 e. The number of hydrogen-bond donors (Lipinski definition) is 2. The Bertz CT molecular complexity index is 1130. The van der Waals surface area contributed by atoms with Crippen molar-refractivity contribution in [2.24, 2.45) is 5.92 Å². The van der Waals surface area contributed by atoms with Gasteiger partial charge in [-0.05, 0) is 86.0 Å². The molecule has 2 aromatic rings. The highest BCUT2D eigenvalue weighted by atomic mass is 28.3. The van der Waals surface area contributed by atoms with E-state index in [1.165, 1.54) is 13.5 Å². The van der Waals surface area contributed by atoms with Crippen molar-refractivity contribution in [3.8, 4) is 0 Å². The number of esters is 1. The molecule has 0 bridgehead atoms. The van der Waals surface area contributed by atoms with E-state index < -0.39 is 14.2 Å². The minimum absolute atomic E-state index is 0.246. The molecule has 1 fully saturated rings. The van der Waals surface area contributed by atoms with E-state index in [4.69, 9.17) is 9.72 Å². The average molecular weight is 525 g/mol. The highest BCUT2D eigenvalue weighted by Gasteiger charge is 2.36. The van der Waals surface area contributed by atoms with E-state index in [0.29, 0.717) is 27.9 Å². The fraction of sp³-hybridized carbons (Fsp3) is 0.552. The third kappa shape index (κ3) is 6.79. The lowest BCUT2D eigenvalue weighted by atomic mass is 9.98. The maximum absolute atomic E-state index is 13.3. The van der Waals surface area contributed by atoms with E-state index in [0.717, 1.165) is 48.6 Å². The predicted octanol–water partition coefficient (Wildman–Crippen LogP) is 5.86. The maximum atomic E-state index is 13.3. The van der Waals surface area contributed by atoms with Crippen LogP contribution in [0.5, 0.6) is 0 Å². The molecular formula is C29H44N4O3Si. The third-order valence-corrected chi connectivity index (χ3v) is 12.9. The molecule has 1 unspecified atom stereocenters. The molecule has 7 nitrogen and oxygen atoms in total. The van der Waals surface area contributed by atoms with Gasteiger partial charge in [-0.2, -0.15) is 0 Å². The summed E-state index contributed by atoms with van der Waals surface area (Å²) in [5.41, 5.74) is 4.02. The first-order chi connectivity index (χ1) is 17.2. The molecule has 1 aliphatic heterocycles. The molecule has 8 heteroatoms. The summed E-state index contributed by atoms with van der Waals surface area (Å²) < 4.78 is 4.83. The second-order valence-electron chi connectivity index (χ2n) is 12.0. The number of methoxy groups -OCH3 is 1. The zero-order valence-electron chi connectivity index (χ0n) is 24.0. The fourth-order valence-electron chi connectivity index (χ4n) is 4.60. The van der Waals surface area contributed by atoms with Gasteiger partial charge in [0.1, 0.15) is 19.7 Å². The van der Waals surface area contributed by atoms with E-state index >= 15 is 0 Å². The molecule has 3 rings (SSSR count). The van der Waals surface area contributed by atoms with Gasteiger partial charge in [-0.15, -0.1) is 0 Å². The molecule has 0 saturated carbocycles. The monoisotopic (exact) mass is 524 g/mol. The van der Waals surface area contributed by atoms with Gasteiger partial charge in [-0.3, -0.25) is 4.79 Å². The Morgan fingerprint density at radius 2 is 1.76 bits per heavy atom. The average Bonchev–Trinajstić information content (AvgIpc) is 2.84. The summed E-state index contributed by atoms with van der Waals surface area (Å²) in [5, 5.41) is 3.34. The zero-order valence-corrected chi connectivity index (χ0v) is 25.0. The summed E-state index contributed by atoms with van der Waals surface area (Å²) in [6, 6.07) is 7.47. The van der Waals surface area contributed by atoms with Crippen LogP contribution in [0.3, 0.4) is 0 Å². The number of ether oxygens (including phenoxy) is 1. The van der Waals surface area contributed by atoms with Gasteiger partial charge < -0.3 is 19.9 Å². The third-order valence-electron chi connectivity index (χ3n) is 8.04. The summed E-state index contributed by atoms with van der Waals surface area (Å²) in [6.45, 7) is 20.4. The lowest BCUT2D eigenvalue weighted by Crippen LogP contribution is -2.54. The summed E-state index contributed by atoms with van der Waals surface area (Å²) in [4.78, 5) is 36.3. The number of carbonyl (C=O) groups is 2. The molecule has 0 aliphatic carbocycles. The number of hydrogen-bond acceptors (Lipinski definition) is 6.